The van der Waals surface area contributed by atoms with E-state index in [1.807, 2.05) is 6.92 Å². The molecule has 2 atom stereocenters. The van der Waals surface area contributed by atoms with E-state index in [4.69, 9.17) is 0 Å². The van der Waals surface area contributed by atoms with Crippen LogP contribution in [-0.4, -0.2) is 36.5 Å². The summed E-state index contributed by atoms with van der Waals surface area (Å²) in [5.74, 6) is 0.922. The number of likely N-dealkylation sites (tertiary alicyclic amines) is 1. The predicted molar refractivity (Wildman–Crippen MR) is 62.7 cm³/mol. The third kappa shape index (κ3) is 3.82. The Labute approximate surface area is 93.2 Å². The average Bonchev–Trinajstić information content (AvgIpc) is 2.24. The van der Waals surface area contributed by atoms with E-state index >= 15 is 0 Å². The Bertz CT molecular complexity index is 206. The quantitative estimate of drug-likeness (QED) is 0.768. The van der Waals surface area contributed by atoms with Gasteiger partial charge in [0.25, 0.3) is 0 Å². The third-order valence-electron chi connectivity index (χ3n) is 3.16. The van der Waals surface area contributed by atoms with Gasteiger partial charge in [0.1, 0.15) is 0 Å². The molecule has 0 aromatic rings. The maximum absolute atomic E-state index is 11.8. The summed E-state index contributed by atoms with van der Waals surface area (Å²) in [6.07, 6.45) is 3.54. The Morgan fingerprint density at radius 1 is 1.60 bits per heavy atom. The molecule has 1 N–H and O–H groups in total. The largest absolute Gasteiger partial charge is 0.355 e. The second kappa shape index (κ2) is 6.11. The van der Waals surface area contributed by atoms with E-state index in [9.17, 15) is 4.79 Å². The second-order valence-electron chi connectivity index (χ2n) is 4.71. The van der Waals surface area contributed by atoms with E-state index in [2.05, 4.69) is 24.1 Å². The first-order chi connectivity index (χ1) is 7.15. The van der Waals surface area contributed by atoms with Crippen LogP contribution in [0.3, 0.4) is 0 Å². The van der Waals surface area contributed by atoms with E-state index in [0.29, 0.717) is 0 Å². The molecule has 0 bridgehead atoms. The molecular formula is C12H24N2O. The number of carbonyl (C=O) groups excluding carboxylic acids is 1. The number of nitrogens with one attached hydrogen (secondary N) is 1. The average molecular weight is 212 g/mol. The molecule has 1 aliphatic heterocycles. The highest BCUT2D eigenvalue weighted by molar-refractivity contribution is 5.81. The zero-order chi connectivity index (χ0) is 11.3. The van der Waals surface area contributed by atoms with E-state index in [-0.39, 0.29) is 11.9 Å². The van der Waals surface area contributed by atoms with Crippen molar-refractivity contribution in [3.63, 3.8) is 0 Å². The summed E-state index contributed by atoms with van der Waals surface area (Å²) >= 11 is 0. The van der Waals surface area contributed by atoms with Gasteiger partial charge in [0, 0.05) is 13.1 Å². The van der Waals surface area contributed by atoms with Gasteiger partial charge in [-0.2, -0.15) is 0 Å². The molecule has 0 spiro atoms. The monoisotopic (exact) mass is 212 g/mol. The van der Waals surface area contributed by atoms with Gasteiger partial charge >= 0.3 is 0 Å². The fourth-order valence-electron chi connectivity index (χ4n) is 2.14. The van der Waals surface area contributed by atoms with Crippen LogP contribution in [0.4, 0.5) is 0 Å². The first-order valence-electron chi connectivity index (χ1n) is 6.17. The van der Waals surface area contributed by atoms with Crippen molar-refractivity contribution in [2.45, 2.75) is 46.1 Å². The first kappa shape index (κ1) is 12.5. The molecule has 1 rings (SSSR count). The number of hydrogen-bond donors (Lipinski definition) is 1. The number of carbonyl (C=O) groups is 1. The number of hydrogen-bond acceptors (Lipinski definition) is 2. The van der Waals surface area contributed by atoms with Crippen molar-refractivity contribution in [3.8, 4) is 0 Å². The highest BCUT2D eigenvalue weighted by Crippen LogP contribution is 2.17. The van der Waals surface area contributed by atoms with Crippen LogP contribution in [0.15, 0.2) is 0 Å². The molecule has 1 amide bonds. The summed E-state index contributed by atoms with van der Waals surface area (Å²) in [6.45, 7) is 9.30. The molecule has 88 valence electrons. The van der Waals surface area contributed by atoms with Gasteiger partial charge in [0.2, 0.25) is 5.91 Å². The maximum atomic E-state index is 11.8. The molecule has 3 nitrogen and oxygen atoms in total. The van der Waals surface area contributed by atoms with Crippen LogP contribution in [0.1, 0.15) is 40.0 Å². The van der Waals surface area contributed by atoms with Crippen LogP contribution >= 0.6 is 0 Å². The SMILES string of the molecule is CCCNC(=O)[C@@H](C)N1CCC[C@@H](C)C1. The molecule has 1 fully saturated rings. The van der Waals surface area contributed by atoms with Crippen molar-refractivity contribution in [1.29, 1.82) is 0 Å². The van der Waals surface area contributed by atoms with Crippen LogP contribution < -0.4 is 5.32 Å². The van der Waals surface area contributed by atoms with E-state index in [1.165, 1.54) is 12.8 Å². The Morgan fingerprint density at radius 2 is 2.33 bits per heavy atom. The summed E-state index contributed by atoms with van der Waals surface area (Å²) in [5, 5.41) is 2.96. The highest BCUT2D eigenvalue weighted by atomic mass is 16.2. The predicted octanol–water partition coefficient (Wildman–Crippen LogP) is 1.63. The van der Waals surface area contributed by atoms with Gasteiger partial charge in [0.15, 0.2) is 0 Å². The van der Waals surface area contributed by atoms with Gasteiger partial charge in [-0.05, 0) is 38.6 Å². The molecule has 0 aromatic heterocycles. The lowest BCUT2D eigenvalue weighted by Gasteiger charge is -2.34. The van der Waals surface area contributed by atoms with Crippen molar-refractivity contribution in [1.82, 2.24) is 10.2 Å². The van der Waals surface area contributed by atoms with Crippen LogP contribution in [-0.2, 0) is 4.79 Å². The van der Waals surface area contributed by atoms with E-state index in [1.54, 1.807) is 0 Å². The summed E-state index contributed by atoms with van der Waals surface area (Å²) < 4.78 is 0. The molecule has 0 radical (unpaired) electrons. The van der Waals surface area contributed by atoms with Crippen molar-refractivity contribution in [2.24, 2.45) is 5.92 Å². The van der Waals surface area contributed by atoms with Gasteiger partial charge in [-0.15, -0.1) is 0 Å². The fraction of sp³-hybridized carbons (Fsp3) is 0.917. The number of rotatable bonds is 4. The van der Waals surface area contributed by atoms with Crippen molar-refractivity contribution >= 4 is 5.91 Å². The molecular weight excluding hydrogens is 188 g/mol. The Kier molecular flexibility index (Phi) is 5.09. The molecule has 1 aliphatic rings. The summed E-state index contributed by atoms with van der Waals surface area (Å²) in [5.41, 5.74) is 0. The number of piperidine rings is 1. The molecule has 15 heavy (non-hydrogen) atoms. The van der Waals surface area contributed by atoms with Gasteiger partial charge in [-0.25, -0.2) is 0 Å². The van der Waals surface area contributed by atoms with Crippen LogP contribution in [0, 0.1) is 5.92 Å². The number of amides is 1. The normalized spacial score (nSPS) is 24.9. The highest BCUT2D eigenvalue weighted by Gasteiger charge is 2.24. The van der Waals surface area contributed by atoms with Crippen LogP contribution in [0.2, 0.25) is 0 Å². The lowest BCUT2D eigenvalue weighted by molar-refractivity contribution is -0.126. The lowest BCUT2D eigenvalue weighted by atomic mass is 9.99. The third-order valence-corrected chi connectivity index (χ3v) is 3.16. The Hall–Kier alpha value is -0.570. The van der Waals surface area contributed by atoms with Crippen LogP contribution in [0.5, 0.6) is 0 Å². The van der Waals surface area contributed by atoms with Gasteiger partial charge in [-0.1, -0.05) is 13.8 Å². The summed E-state index contributed by atoms with van der Waals surface area (Å²) in [7, 11) is 0. The minimum Gasteiger partial charge on any atom is -0.355 e. The maximum Gasteiger partial charge on any atom is 0.237 e. The molecule has 3 heteroatoms. The molecule has 0 aliphatic carbocycles. The molecule has 0 saturated carbocycles. The minimum atomic E-state index is 0.0410. The topological polar surface area (TPSA) is 32.3 Å². The van der Waals surface area contributed by atoms with Crippen LogP contribution in [0.25, 0.3) is 0 Å². The standard InChI is InChI=1S/C12H24N2O/c1-4-7-13-12(15)11(3)14-8-5-6-10(2)9-14/h10-11H,4-9H2,1-3H3,(H,13,15)/t10-,11-/m1/s1. The molecule has 0 aromatic carbocycles. The van der Waals surface area contributed by atoms with Gasteiger partial charge < -0.3 is 5.32 Å². The molecule has 1 saturated heterocycles. The van der Waals surface area contributed by atoms with Crippen molar-refractivity contribution in [3.05, 3.63) is 0 Å². The fourth-order valence-corrected chi connectivity index (χ4v) is 2.14. The summed E-state index contributed by atoms with van der Waals surface area (Å²) in [4.78, 5) is 14.1. The van der Waals surface area contributed by atoms with Gasteiger partial charge in [0.05, 0.1) is 6.04 Å². The minimum absolute atomic E-state index is 0.0410. The smallest absolute Gasteiger partial charge is 0.237 e. The lowest BCUT2D eigenvalue weighted by Crippen LogP contribution is -2.48. The molecule has 0 unspecified atom stereocenters. The zero-order valence-electron chi connectivity index (χ0n) is 10.3. The Balaban J connectivity index is 2.37. The Morgan fingerprint density at radius 3 is 2.93 bits per heavy atom. The van der Waals surface area contributed by atoms with E-state index < -0.39 is 0 Å². The zero-order valence-corrected chi connectivity index (χ0v) is 10.3. The first-order valence-corrected chi connectivity index (χ1v) is 6.17. The second-order valence-corrected chi connectivity index (χ2v) is 4.71. The summed E-state index contributed by atoms with van der Waals surface area (Å²) in [6, 6.07) is 0.0410. The van der Waals surface area contributed by atoms with Gasteiger partial charge in [-0.3, -0.25) is 9.69 Å². The molecule has 1 heterocycles. The van der Waals surface area contributed by atoms with E-state index in [0.717, 1.165) is 32.0 Å². The van der Waals surface area contributed by atoms with Crippen molar-refractivity contribution in [2.75, 3.05) is 19.6 Å². The van der Waals surface area contributed by atoms with Crippen molar-refractivity contribution < 1.29 is 4.79 Å². The number of nitrogens with zero attached hydrogens (tertiary/aromatic N) is 1.